The Bertz CT molecular complexity index is 274. The van der Waals surface area contributed by atoms with Crippen LogP contribution in [0.1, 0.15) is 17.5 Å². The van der Waals surface area contributed by atoms with Crippen molar-refractivity contribution < 1.29 is 0 Å². The summed E-state index contributed by atoms with van der Waals surface area (Å²) in [5.74, 6) is 1.27. The maximum atomic E-state index is 5.78. The van der Waals surface area contributed by atoms with Crippen LogP contribution < -0.4 is 0 Å². The van der Waals surface area contributed by atoms with Crippen molar-refractivity contribution >= 4 is 39.1 Å². The molecule has 0 aliphatic heterocycles. The molecule has 0 aromatic heterocycles. The molecule has 0 aliphatic rings. The van der Waals surface area contributed by atoms with Gasteiger partial charge in [-0.3, -0.25) is 0 Å². The van der Waals surface area contributed by atoms with E-state index in [0.29, 0.717) is 11.8 Å². The molecule has 0 bridgehead atoms. The number of hydrogen-bond acceptors (Lipinski definition) is 0. The van der Waals surface area contributed by atoms with E-state index in [2.05, 4.69) is 28.1 Å². The number of benzene rings is 1. The van der Waals surface area contributed by atoms with Gasteiger partial charge in [-0.05, 0) is 30.0 Å². The first-order valence-electron chi connectivity index (χ1n) is 4.17. The van der Waals surface area contributed by atoms with E-state index in [4.69, 9.17) is 23.2 Å². The van der Waals surface area contributed by atoms with Gasteiger partial charge in [-0.15, -0.1) is 23.2 Å². The molecular formula is C10H11BrCl2. The standard InChI is InChI=1S/C10H11BrCl2/c11-10-4-3-8(2-1-5-12)6-9(10)7-13/h3-4,6H,1-2,5,7H2. The van der Waals surface area contributed by atoms with Gasteiger partial charge in [-0.2, -0.15) is 0 Å². The van der Waals surface area contributed by atoms with Crippen LogP contribution in [0.5, 0.6) is 0 Å². The first-order valence-corrected chi connectivity index (χ1v) is 6.03. The average Bonchev–Trinajstić information content (AvgIpc) is 2.16. The fourth-order valence-electron chi connectivity index (χ4n) is 1.16. The van der Waals surface area contributed by atoms with E-state index in [-0.39, 0.29) is 0 Å². The number of rotatable bonds is 4. The molecule has 0 unspecified atom stereocenters. The fourth-order valence-corrected chi connectivity index (χ4v) is 2.06. The van der Waals surface area contributed by atoms with Crippen LogP contribution in [0.4, 0.5) is 0 Å². The van der Waals surface area contributed by atoms with E-state index in [1.807, 2.05) is 6.07 Å². The summed E-state index contributed by atoms with van der Waals surface area (Å²) in [7, 11) is 0. The summed E-state index contributed by atoms with van der Waals surface area (Å²) in [5, 5.41) is 0. The van der Waals surface area contributed by atoms with Crippen molar-refractivity contribution in [2.45, 2.75) is 18.7 Å². The molecule has 72 valence electrons. The predicted molar refractivity (Wildman–Crippen MR) is 62.7 cm³/mol. The molecule has 0 saturated heterocycles. The second-order valence-electron chi connectivity index (χ2n) is 2.85. The Hall–Kier alpha value is 0.280. The molecule has 0 amide bonds. The molecule has 0 saturated carbocycles. The summed E-state index contributed by atoms with van der Waals surface area (Å²) in [5.41, 5.74) is 2.45. The van der Waals surface area contributed by atoms with Gasteiger partial charge in [0.25, 0.3) is 0 Å². The minimum absolute atomic E-state index is 0.551. The maximum Gasteiger partial charge on any atom is 0.0485 e. The van der Waals surface area contributed by atoms with Crippen LogP contribution in [0.3, 0.4) is 0 Å². The first kappa shape index (κ1) is 11.4. The number of hydrogen-bond donors (Lipinski definition) is 0. The van der Waals surface area contributed by atoms with Gasteiger partial charge in [-0.1, -0.05) is 28.1 Å². The van der Waals surface area contributed by atoms with Gasteiger partial charge in [0.1, 0.15) is 0 Å². The Balaban J connectivity index is 2.74. The quantitative estimate of drug-likeness (QED) is 0.720. The zero-order chi connectivity index (χ0) is 9.68. The summed E-state index contributed by atoms with van der Waals surface area (Å²) in [6.07, 6.45) is 2.05. The smallest absolute Gasteiger partial charge is 0.0485 e. The molecule has 0 aliphatic carbocycles. The molecule has 13 heavy (non-hydrogen) atoms. The summed E-state index contributed by atoms with van der Waals surface area (Å²) in [6, 6.07) is 6.28. The average molecular weight is 282 g/mol. The van der Waals surface area contributed by atoms with Gasteiger partial charge in [0.2, 0.25) is 0 Å². The highest BCUT2D eigenvalue weighted by atomic mass is 79.9. The molecule has 1 aromatic carbocycles. The molecule has 1 aromatic rings. The minimum Gasteiger partial charge on any atom is -0.127 e. The van der Waals surface area contributed by atoms with Crippen LogP contribution in [-0.4, -0.2) is 5.88 Å². The van der Waals surface area contributed by atoms with Crippen molar-refractivity contribution in [2.75, 3.05) is 5.88 Å². The van der Waals surface area contributed by atoms with Crippen molar-refractivity contribution in [1.82, 2.24) is 0 Å². The third-order valence-corrected chi connectivity index (χ3v) is 3.18. The summed E-state index contributed by atoms with van der Waals surface area (Å²) >= 11 is 14.9. The van der Waals surface area contributed by atoms with Gasteiger partial charge < -0.3 is 0 Å². The monoisotopic (exact) mass is 280 g/mol. The summed E-state index contributed by atoms with van der Waals surface area (Å²) in [4.78, 5) is 0. The number of aryl methyl sites for hydroxylation is 1. The van der Waals surface area contributed by atoms with Crippen LogP contribution >= 0.6 is 39.1 Å². The van der Waals surface area contributed by atoms with E-state index in [1.54, 1.807) is 0 Å². The van der Waals surface area contributed by atoms with Crippen LogP contribution in [0.15, 0.2) is 22.7 Å². The highest BCUT2D eigenvalue weighted by Gasteiger charge is 2.00. The first-order chi connectivity index (χ1) is 6.27. The van der Waals surface area contributed by atoms with Crippen LogP contribution in [0, 0.1) is 0 Å². The highest BCUT2D eigenvalue weighted by Crippen LogP contribution is 2.20. The summed E-state index contributed by atoms with van der Waals surface area (Å²) in [6.45, 7) is 0. The Labute approximate surface area is 97.4 Å². The number of alkyl halides is 2. The van der Waals surface area contributed by atoms with E-state index < -0.39 is 0 Å². The fraction of sp³-hybridized carbons (Fsp3) is 0.400. The third kappa shape index (κ3) is 3.49. The van der Waals surface area contributed by atoms with Gasteiger partial charge >= 0.3 is 0 Å². The van der Waals surface area contributed by atoms with E-state index in [9.17, 15) is 0 Å². The summed E-state index contributed by atoms with van der Waals surface area (Å²) < 4.78 is 1.08. The Morgan fingerprint density at radius 3 is 2.62 bits per heavy atom. The van der Waals surface area contributed by atoms with E-state index >= 15 is 0 Å². The number of halogens is 3. The lowest BCUT2D eigenvalue weighted by molar-refractivity contribution is 0.926. The molecule has 0 spiro atoms. The van der Waals surface area contributed by atoms with Gasteiger partial charge in [0.05, 0.1) is 0 Å². The normalized spacial score (nSPS) is 10.4. The Kier molecular flexibility index (Phi) is 5.15. The Morgan fingerprint density at radius 2 is 2.00 bits per heavy atom. The second-order valence-corrected chi connectivity index (χ2v) is 4.35. The molecule has 0 fully saturated rings. The van der Waals surface area contributed by atoms with Gasteiger partial charge in [0.15, 0.2) is 0 Å². The molecule has 0 N–H and O–H groups in total. The maximum absolute atomic E-state index is 5.78. The second kappa shape index (κ2) is 5.90. The zero-order valence-electron chi connectivity index (χ0n) is 7.19. The lowest BCUT2D eigenvalue weighted by atomic mass is 10.1. The van der Waals surface area contributed by atoms with Crippen molar-refractivity contribution in [3.63, 3.8) is 0 Å². The van der Waals surface area contributed by atoms with E-state index in [1.165, 1.54) is 5.56 Å². The molecule has 1 rings (SSSR count). The van der Waals surface area contributed by atoms with Crippen LogP contribution in [0.2, 0.25) is 0 Å². The van der Waals surface area contributed by atoms with Gasteiger partial charge in [0, 0.05) is 16.2 Å². The lowest BCUT2D eigenvalue weighted by Crippen LogP contribution is -1.89. The zero-order valence-corrected chi connectivity index (χ0v) is 10.3. The molecule has 0 atom stereocenters. The van der Waals surface area contributed by atoms with Crippen molar-refractivity contribution in [2.24, 2.45) is 0 Å². The molecular weight excluding hydrogens is 271 g/mol. The third-order valence-electron chi connectivity index (χ3n) is 1.85. The highest BCUT2D eigenvalue weighted by molar-refractivity contribution is 9.10. The molecule has 0 nitrogen and oxygen atoms in total. The molecule has 0 heterocycles. The molecule has 3 heteroatoms. The van der Waals surface area contributed by atoms with Crippen molar-refractivity contribution in [3.05, 3.63) is 33.8 Å². The Morgan fingerprint density at radius 1 is 1.23 bits per heavy atom. The van der Waals surface area contributed by atoms with Crippen molar-refractivity contribution in [1.29, 1.82) is 0 Å². The van der Waals surface area contributed by atoms with Gasteiger partial charge in [-0.25, -0.2) is 0 Å². The minimum atomic E-state index is 0.551. The molecule has 0 radical (unpaired) electrons. The van der Waals surface area contributed by atoms with Crippen molar-refractivity contribution in [3.8, 4) is 0 Å². The topological polar surface area (TPSA) is 0 Å². The lowest BCUT2D eigenvalue weighted by Gasteiger charge is -2.04. The largest absolute Gasteiger partial charge is 0.127 e. The van der Waals surface area contributed by atoms with Crippen LogP contribution in [0.25, 0.3) is 0 Å². The SMILES string of the molecule is ClCCCc1ccc(Br)c(CCl)c1. The van der Waals surface area contributed by atoms with E-state index in [0.717, 1.165) is 22.9 Å². The van der Waals surface area contributed by atoms with Crippen LogP contribution in [-0.2, 0) is 12.3 Å². The predicted octanol–water partition coefficient (Wildman–Crippen LogP) is 4.36.